The van der Waals surface area contributed by atoms with E-state index < -0.39 is 58.9 Å². The summed E-state index contributed by atoms with van der Waals surface area (Å²) in [7, 11) is -2.21. The summed E-state index contributed by atoms with van der Waals surface area (Å²) >= 11 is 0. The number of alkyl halides is 3. The van der Waals surface area contributed by atoms with Crippen LogP contribution in [-0.4, -0.2) is 99.2 Å². The van der Waals surface area contributed by atoms with E-state index in [2.05, 4.69) is 4.72 Å². The van der Waals surface area contributed by atoms with Crippen LogP contribution in [-0.2, 0) is 19.6 Å². The van der Waals surface area contributed by atoms with Crippen LogP contribution in [0.3, 0.4) is 0 Å². The number of rotatable bonds is 8. The highest BCUT2D eigenvalue weighted by Gasteiger charge is 2.32. The van der Waals surface area contributed by atoms with Gasteiger partial charge in [0.15, 0.2) is 0 Å². The van der Waals surface area contributed by atoms with Crippen molar-refractivity contribution < 1.29 is 45.8 Å². The first kappa shape index (κ1) is 34.6. The van der Waals surface area contributed by atoms with Gasteiger partial charge in [-0.05, 0) is 51.3 Å². The molecule has 41 heavy (non-hydrogen) atoms. The normalized spacial score (nSPS) is 22.2. The van der Waals surface area contributed by atoms with Crippen molar-refractivity contribution in [2.45, 2.75) is 77.3 Å². The molecule has 1 aromatic rings. The van der Waals surface area contributed by atoms with Crippen molar-refractivity contribution in [3.63, 3.8) is 0 Å². The number of hydrogen-bond acceptors (Lipinski definition) is 7. The van der Waals surface area contributed by atoms with Crippen molar-refractivity contribution in [2.24, 2.45) is 5.92 Å². The number of nitrogens with zero attached hydrogens (tertiary/aromatic N) is 2. The minimum atomic E-state index is -4.44. The van der Waals surface area contributed by atoms with Crippen molar-refractivity contribution in [3.8, 4) is 5.75 Å². The molecule has 0 fully saturated rings. The Labute approximate surface area is 240 Å². The van der Waals surface area contributed by atoms with E-state index in [0.29, 0.717) is 19.4 Å². The Bertz CT molecular complexity index is 1130. The lowest BCUT2D eigenvalue weighted by Gasteiger charge is -2.36. The summed E-state index contributed by atoms with van der Waals surface area (Å²) in [6.45, 7) is 5.37. The van der Waals surface area contributed by atoms with Gasteiger partial charge >= 0.3 is 6.18 Å². The van der Waals surface area contributed by atoms with E-state index in [1.54, 1.807) is 13.8 Å². The van der Waals surface area contributed by atoms with Crippen molar-refractivity contribution in [1.82, 2.24) is 9.80 Å². The number of sulfonamides is 1. The Hall–Kier alpha value is -2.58. The Morgan fingerprint density at radius 2 is 1.95 bits per heavy atom. The Morgan fingerprint density at radius 1 is 1.27 bits per heavy atom. The van der Waals surface area contributed by atoms with Gasteiger partial charge in [-0.3, -0.25) is 14.3 Å². The fraction of sp³-hybridized carbons (Fsp3) is 0.704. The second-order valence-corrected chi connectivity index (χ2v) is 12.5. The lowest BCUT2D eigenvalue weighted by molar-refractivity contribution is -0.149. The van der Waals surface area contributed by atoms with Gasteiger partial charge in [0, 0.05) is 44.8 Å². The number of aliphatic hydroxyl groups excluding tert-OH is 1. The van der Waals surface area contributed by atoms with Gasteiger partial charge in [0.2, 0.25) is 15.9 Å². The number of ether oxygens (including phenoxy) is 2. The summed E-state index contributed by atoms with van der Waals surface area (Å²) in [5, 5.41) is 9.98. The van der Waals surface area contributed by atoms with Crippen molar-refractivity contribution in [1.29, 1.82) is 0 Å². The first-order valence-electron chi connectivity index (χ1n) is 13.6. The number of carbonyl (C=O) groups is 2. The molecule has 2 N–H and O–H groups in total. The van der Waals surface area contributed by atoms with Crippen LogP contribution in [0.15, 0.2) is 18.2 Å². The van der Waals surface area contributed by atoms with E-state index in [1.807, 2.05) is 6.92 Å². The van der Waals surface area contributed by atoms with Crippen LogP contribution in [0, 0.1) is 5.92 Å². The van der Waals surface area contributed by atoms with E-state index in [0.717, 1.165) is 12.7 Å². The predicted octanol–water partition coefficient (Wildman–Crippen LogP) is 3.65. The van der Waals surface area contributed by atoms with Gasteiger partial charge in [-0.2, -0.15) is 13.2 Å². The summed E-state index contributed by atoms with van der Waals surface area (Å²) in [5.74, 6) is -1.30. The average Bonchev–Trinajstić information content (AvgIpc) is 2.87. The molecule has 10 nitrogen and oxygen atoms in total. The molecule has 234 valence electrons. The molecule has 0 aliphatic carbocycles. The molecule has 2 amide bonds. The molecule has 2 rings (SSSR count). The second-order valence-electron chi connectivity index (χ2n) is 10.8. The molecule has 0 aromatic heterocycles. The third kappa shape index (κ3) is 11.7. The molecular formula is C27H42F3N3O7S. The third-order valence-electron chi connectivity index (χ3n) is 6.86. The van der Waals surface area contributed by atoms with Gasteiger partial charge in [-0.15, -0.1) is 0 Å². The van der Waals surface area contributed by atoms with Crippen LogP contribution in [0.2, 0.25) is 0 Å². The number of aliphatic hydroxyl groups is 1. The Balaban J connectivity index is 2.42. The van der Waals surface area contributed by atoms with Crippen molar-refractivity contribution in [2.75, 3.05) is 44.3 Å². The number of likely N-dealkylation sites (N-methyl/N-ethyl adjacent to an activating group) is 1. The van der Waals surface area contributed by atoms with Crippen LogP contribution in [0.25, 0.3) is 0 Å². The quantitative estimate of drug-likeness (QED) is 0.461. The van der Waals surface area contributed by atoms with Gasteiger partial charge in [0.05, 0.1) is 43.1 Å². The number of amides is 2. The molecule has 4 atom stereocenters. The molecule has 1 aliphatic heterocycles. The first-order chi connectivity index (χ1) is 19.0. The van der Waals surface area contributed by atoms with Gasteiger partial charge in [-0.25, -0.2) is 8.42 Å². The highest BCUT2D eigenvalue weighted by atomic mass is 32.2. The number of anilines is 1. The van der Waals surface area contributed by atoms with E-state index >= 15 is 0 Å². The lowest BCUT2D eigenvalue weighted by atomic mass is 10.0. The van der Waals surface area contributed by atoms with Crippen LogP contribution >= 0.6 is 0 Å². The van der Waals surface area contributed by atoms with Gasteiger partial charge < -0.3 is 24.4 Å². The fourth-order valence-electron chi connectivity index (χ4n) is 4.47. The summed E-state index contributed by atoms with van der Waals surface area (Å²) in [4.78, 5) is 29.0. The summed E-state index contributed by atoms with van der Waals surface area (Å²) < 4.78 is 76.2. The largest absolute Gasteiger partial charge is 0.490 e. The highest BCUT2D eigenvalue weighted by Crippen LogP contribution is 2.29. The van der Waals surface area contributed by atoms with Gasteiger partial charge in [0.1, 0.15) is 5.75 Å². The molecular weight excluding hydrogens is 567 g/mol. The van der Waals surface area contributed by atoms with Crippen LogP contribution in [0.4, 0.5) is 18.9 Å². The zero-order valence-corrected chi connectivity index (χ0v) is 25.1. The lowest BCUT2D eigenvalue weighted by Crippen LogP contribution is -2.48. The molecule has 0 saturated carbocycles. The van der Waals surface area contributed by atoms with E-state index in [1.165, 1.54) is 35.0 Å². The summed E-state index contributed by atoms with van der Waals surface area (Å²) in [6, 6.07) is 3.77. The molecule has 0 saturated heterocycles. The fourth-order valence-corrected chi connectivity index (χ4v) is 5.03. The molecule has 0 unspecified atom stereocenters. The van der Waals surface area contributed by atoms with E-state index in [4.69, 9.17) is 9.47 Å². The first-order valence-corrected chi connectivity index (χ1v) is 15.5. The smallest absolute Gasteiger partial charge is 0.389 e. The number of nitrogens with one attached hydrogen (secondary N) is 1. The Morgan fingerprint density at radius 3 is 2.56 bits per heavy atom. The van der Waals surface area contributed by atoms with Crippen LogP contribution in [0.5, 0.6) is 5.75 Å². The van der Waals surface area contributed by atoms with Crippen molar-refractivity contribution in [3.05, 3.63) is 23.8 Å². The second kappa shape index (κ2) is 15.1. The maximum atomic E-state index is 13.9. The average molecular weight is 610 g/mol. The molecule has 1 aromatic carbocycles. The number of benzene rings is 1. The predicted molar refractivity (Wildman–Crippen MR) is 148 cm³/mol. The number of fused-ring (bicyclic) bond motifs is 1. The van der Waals surface area contributed by atoms with Crippen LogP contribution < -0.4 is 9.46 Å². The van der Waals surface area contributed by atoms with E-state index in [9.17, 15) is 36.3 Å². The zero-order chi connectivity index (χ0) is 31.0. The molecule has 0 radical (unpaired) electrons. The number of hydrogen-bond donors (Lipinski definition) is 2. The zero-order valence-electron chi connectivity index (χ0n) is 24.2. The minimum Gasteiger partial charge on any atom is -0.490 e. The maximum Gasteiger partial charge on any atom is 0.389 e. The summed E-state index contributed by atoms with van der Waals surface area (Å²) in [6.07, 6.45) is -4.20. The monoisotopic (exact) mass is 609 g/mol. The molecule has 1 aliphatic rings. The molecule has 14 heteroatoms. The van der Waals surface area contributed by atoms with Crippen LogP contribution in [0.1, 0.15) is 63.2 Å². The summed E-state index contributed by atoms with van der Waals surface area (Å²) in [5.41, 5.74) is 0.272. The number of carbonyl (C=O) groups excluding carboxylic acids is 2. The molecule has 1 heterocycles. The Kier molecular flexibility index (Phi) is 12.7. The SMILES string of the molecule is C[C@@H]1CN([C@@H](C)CO)C(=O)c2cc(NS(C)(=O)=O)ccc2O[C@@H](C)CCCCO[C@H]1CN(C)C(=O)CCC(F)(F)F. The van der Waals surface area contributed by atoms with Crippen molar-refractivity contribution >= 4 is 27.5 Å². The third-order valence-corrected chi connectivity index (χ3v) is 7.46. The topological polar surface area (TPSA) is 125 Å². The molecule has 0 spiro atoms. The highest BCUT2D eigenvalue weighted by molar-refractivity contribution is 7.92. The standard InChI is InChI=1S/C27H42F3N3O7S/c1-18-15-33(19(2)17-34)26(36)22-14-21(31-41(5,37)38)9-10-23(22)40-20(3)8-6-7-13-39-24(18)16-32(4)25(35)11-12-27(28,29)30/h9-10,14,18-20,24,31,34H,6-8,11-13,15-17H2,1-5H3/t18-,19+,20+,24+/m1/s1. The number of halogens is 3. The minimum absolute atomic E-state index is 0.0198. The van der Waals surface area contributed by atoms with Gasteiger partial charge in [-0.1, -0.05) is 6.92 Å². The maximum absolute atomic E-state index is 13.9. The van der Waals surface area contributed by atoms with E-state index in [-0.39, 0.29) is 42.8 Å². The molecule has 0 bridgehead atoms. The van der Waals surface area contributed by atoms with Gasteiger partial charge in [0.25, 0.3) is 5.91 Å².